The van der Waals surface area contributed by atoms with Gasteiger partial charge in [-0.1, -0.05) is 6.92 Å². The van der Waals surface area contributed by atoms with Gasteiger partial charge in [0.05, 0.1) is 0 Å². The molecule has 2 N–H and O–H groups in total. The fraction of sp³-hybridized carbons (Fsp3) is 0.455. The molecular weight excluding hydrogens is 203 g/mol. The van der Waals surface area contributed by atoms with Gasteiger partial charge in [0.1, 0.15) is 6.17 Å². The number of benzene rings is 1. The topological polar surface area (TPSA) is 26.0 Å². The van der Waals surface area contributed by atoms with E-state index in [1.807, 2.05) is 0 Å². The molecule has 2 unspecified atom stereocenters. The minimum atomic E-state index is -1.32. The quantitative estimate of drug-likeness (QED) is 0.827. The molecule has 0 amide bonds. The fourth-order valence-corrected chi connectivity index (χ4v) is 1.35. The zero-order valence-corrected chi connectivity index (χ0v) is 8.73. The largest absolute Gasteiger partial charge is 0.330 e. The first-order valence-electron chi connectivity index (χ1n) is 4.80. The molecule has 1 rings (SSSR count). The summed E-state index contributed by atoms with van der Waals surface area (Å²) in [6.07, 6.45) is -1.32. The van der Waals surface area contributed by atoms with Gasteiger partial charge >= 0.3 is 0 Å². The molecule has 1 nitrogen and oxygen atoms in total. The molecule has 0 heterocycles. The van der Waals surface area contributed by atoms with Crippen molar-refractivity contribution in [1.29, 1.82) is 0 Å². The van der Waals surface area contributed by atoms with Crippen LogP contribution in [0.15, 0.2) is 12.1 Å². The molecule has 1 aromatic carbocycles. The van der Waals surface area contributed by atoms with Crippen LogP contribution < -0.4 is 5.73 Å². The average Bonchev–Trinajstić information content (AvgIpc) is 2.20. The summed E-state index contributed by atoms with van der Waals surface area (Å²) in [6, 6.07) is 2.22. The summed E-state index contributed by atoms with van der Waals surface area (Å²) in [6.45, 7) is 3.15. The molecule has 0 radical (unpaired) electrons. The Labute approximate surface area is 87.1 Å². The number of nitrogens with two attached hydrogens (primary N) is 1. The highest BCUT2D eigenvalue weighted by molar-refractivity contribution is 5.30. The molecule has 0 saturated carbocycles. The van der Waals surface area contributed by atoms with E-state index in [9.17, 15) is 13.2 Å². The van der Waals surface area contributed by atoms with E-state index in [4.69, 9.17) is 5.73 Å². The minimum absolute atomic E-state index is 0.136. The van der Waals surface area contributed by atoms with Crippen LogP contribution in [0.4, 0.5) is 13.2 Å². The van der Waals surface area contributed by atoms with Crippen molar-refractivity contribution >= 4 is 0 Å². The smallest absolute Gasteiger partial charge is 0.162 e. The van der Waals surface area contributed by atoms with Gasteiger partial charge in [-0.25, -0.2) is 13.2 Å². The summed E-state index contributed by atoms with van der Waals surface area (Å²) in [4.78, 5) is 0. The first-order chi connectivity index (χ1) is 6.97. The van der Waals surface area contributed by atoms with Crippen molar-refractivity contribution in [2.24, 2.45) is 5.73 Å². The van der Waals surface area contributed by atoms with Crippen LogP contribution in [0.5, 0.6) is 0 Å². The van der Waals surface area contributed by atoms with E-state index in [-0.39, 0.29) is 23.6 Å². The van der Waals surface area contributed by atoms with Gasteiger partial charge in [-0.3, -0.25) is 0 Å². The highest BCUT2D eigenvalue weighted by atomic mass is 19.2. The number of halogens is 3. The molecular formula is C11H14F3N. The van der Waals surface area contributed by atoms with Crippen molar-refractivity contribution in [3.8, 4) is 0 Å². The van der Waals surface area contributed by atoms with Crippen LogP contribution in [0.2, 0.25) is 0 Å². The molecule has 15 heavy (non-hydrogen) atoms. The maximum Gasteiger partial charge on any atom is 0.162 e. The number of alkyl halides is 1. The van der Waals surface area contributed by atoms with E-state index in [0.717, 1.165) is 6.07 Å². The van der Waals surface area contributed by atoms with E-state index in [2.05, 4.69) is 0 Å². The lowest BCUT2D eigenvalue weighted by molar-refractivity contribution is 0.370. The third-order valence-corrected chi connectivity index (χ3v) is 2.42. The molecule has 0 fully saturated rings. The maximum atomic E-state index is 13.3. The average molecular weight is 217 g/mol. The summed E-state index contributed by atoms with van der Waals surface area (Å²) in [5.74, 6) is -2.28. The minimum Gasteiger partial charge on any atom is -0.330 e. The SMILES string of the molecule is CC(F)c1cc(F)c(F)c(C(C)CN)c1. The Kier molecular flexibility index (Phi) is 3.74. The lowest BCUT2D eigenvalue weighted by atomic mass is 9.97. The van der Waals surface area contributed by atoms with Crippen molar-refractivity contribution in [1.82, 2.24) is 0 Å². The van der Waals surface area contributed by atoms with Crippen LogP contribution in [0, 0.1) is 11.6 Å². The molecule has 84 valence electrons. The van der Waals surface area contributed by atoms with Gasteiger partial charge in [0.25, 0.3) is 0 Å². The van der Waals surface area contributed by atoms with E-state index in [0.29, 0.717) is 0 Å². The summed E-state index contributed by atoms with van der Waals surface area (Å²) >= 11 is 0. The third-order valence-electron chi connectivity index (χ3n) is 2.42. The van der Waals surface area contributed by atoms with Crippen LogP contribution in [0.1, 0.15) is 37.1 Å². The second kappa shape index (κ2) is 4.66. The second-order valence-electron chi connectivity index (χ2n) is 3.66. The highest BCUT2D eigenvalue weighted by Gasteiger charge is 2.17. The summed E-state index contributed by atoms with van der Waals surface area (Å²) < 4.78 is 39.4. The number of hydrogen-bond donors (Lipinski definition) is 1. The Balaban J connectivity index is 3.25. The number of hydrogen-bond acceptors (Lipinski definition) is 1. The lowest BCUT2D eigenvalue weighted by Crippen LogP contribution is -2.12. The van der Waals surface area contributed by atoms with Crippen molar-refractivity contribution < 1.29 is 13.2 Å². The first kappa shape index (κ1) is 12.0. The van der Waals surface area contributed by atoms with Crippen molar-refractivity contribution in [2.75, 3.05) is 6.54 Å². The summed E-state index contributed by atoms with van der Waals surface area (Å²) in [7, 11) is 0. The number of rotatable bonds is 3. The predicted molar refractivity (Wildman–Crippen MR) is 53.4 cm³/mol. The Hall–Kier alpha value is -1.03. The van der Waals surface area contributed by atoms with E-state index in [1.165, 1.54) is 13.0 Å². The molecule has 0 spiro atoms. The normalized spacial score (nSPS) is 15.1. The van der Waals surface area contributed by atoms with E-state index < -0.39 is 17.8 Å². The Bertz CT molecular complexity index is 350. The Morgan fingerprint density at radius 2 is 1.87 bits per heavy atom. The summed E-state index contributed by atoms with van der Waals surface area (Å²) in [5.41, 5.74) is 5.65. The molecule has 0 saturated heterocycles. The van der Waals surface area contributed by atoms with Crippen LogP contribution in [0.3, 0.4) is 0 Å². The van der Waals surface area contributed by atoms with Gasteiger partial charge in [0.15, 0.2) is 11.6 Å². The molecule has 0 bridgehead atoms. The second-order valence-corrected chi connectivity index (χ2v) is 3.66. The molecule has 0 aliphatic rings. The maximum absolute atomic E-state index is 13.3. The van der Waals surface area contributed by atoms with Gasteiger partial charge in [-0.15, -0.1) is 0 Å². The van der Waals surface area contributed by atoms with E-state index >= 15 is 0 Å². The third kappa shape index (κ3) is 2.50. The van der Waals surface area contributed by atoms with Crippen molar-refractivity contribution in [3.05, 3.63) is 34.9 Å². The van der Waals surface area contributed by atoms with Crippen LogP contribution in [0.25, 0.3) is 0 Å². The Morgan fingerprint density at radius 1 is 1.27 bits per heavy atom. The van der Waals surface area contributed by atoms with Crippen LogP contribution >= 0.6 is 0 Å². The van der Waals surface area contributed by atoms with Gasteiger partial charge in [-0.05, 0) is 42.6 Å². The summed E-state index contributed by atoms with van der Waals surface area (Å²) in [5, 5.41) is 0. The molecule has 0 aliphatic heterocycles. The van der Waals surface area contributed by atoms with Crippen LogP contribution in [-0.2, 0) is 0 Å². The molecule has 0 aliphatic carbocycles. The first-order valence-corrected chi connectivity index (χ1v) is 4.80. The Morgan fingerprint density at radius 3 is 2.33 bits per heavy atom. The van der Waals surface area contributed by atoms with Gasteiger partial charge in [0, 0.05) is 0 Å². The van der Waals surface area contributed by atoms with Crippen molar-refractivity contribution in [3.63, 3.8) is 0 Å². The monoisotopic (exact) mass is 217 g/mol. The zero-order valence-electron chi connectivity index (χ0n) is 8.73. The van der Waals surface area contributed by atoms with E-state index in [1.54, 1.807) is 6.92 Å². The highest BCUT2D eigenvalue weighted by Crippen LogP contribution is 2.26. The van der Waals surface area contributed by atoms with Crippen molar-refractivity contribution in [2.45, 2.75) is 25.9 Å². The standard InChI is InChI=1S/C11H14F3N/c1-6(5-15)9-3-8(7(2)12)4-10(13)11(9)14/h3-4,6-7H,5,15H2,1-2H3. The zero-order chi connectivity index (χ0) is 11.6. The van der Waals surface area contributed by atoms with Gasteiger partial charge < -0.3 is 5.73 Å². The molecule has 1 aromatic rings. The van der Waals surface area contributed by atoms with Gasteiger partial charge in [-0.2, -0.15) is 0 Å². The van der Waals surface area contributed by atoms with Gasteiger partial charge in [0.2, 0.25) is 0 Å². The molecule has 4 heteroatoms. The lowest BCUT2D eigenvalue weighted by Gasteiger charge is -2.13. The molecule has 2 atom stereocenters. The predicted octanol–water partition coefficient (Wildman–Crippen LogP) is 3.06. The van der Waals surface area contributed by atoms with Crippen LogP contribution in [-0.4, -0.2) is 6.54 Å². The fourth-order valence-electron chi connectivity index (χ4n) is 1.35. The molecule has 0 aromatic heterocycles.